The normalized spacial score (nSPS) is 13.2. The van der Waals surface area contributed by atoms with E-state index in [0.717, 1.165) is 18.5 Å². The summed E-state index contributed by atoms with van der Waals surface area (Å²) in [5.41, 5.74) is 2.11. The lowest BCUT2D eigenvalue weighted by Crippen LogP contribution is -2.33. The van der Waals surface area contributed by atoms with Crippen LogP contribution in [-0.4, -0.2) is 33.2 Å². The number of carbonyl (C=O) groups excluding carboxylic acids is 3. The van der Waals surface area contributed by atoms with E-state index in [0.29, 0.717) is 24.2 Å². The predicted octanol–water partition coefficient (Wildman–Crippen LogP) is 2.81. The molecule has 7 nitrogen and oxygen atoms in total. The van der Waals surface area contributed by atoms with Crippen LogP contribution >= 0.6 is 0 Å². The Kier molecular flexibility index (Phi) is 5.39. The van der Waals surface area contributed by atoms with Crippen molar-refractivity contribution in [3.8, 4) is 0 Å². The highest BCUT2D eigenvalue weighted by Gasteiger charge is 2.27. The van der Waals surface area contributed by atoms with E-state index in [1.807, 2.05) is 18.4 Å². The van der Waals surface area contributed by atoms with E-state index in [-0.39, 0.29) is 35.2 Å². The fourth-order valence-electron chi connectivity index (χ4n) is 3.23. The molecule has 0 radical (unpaired) electrons. The molecule has 1 aliphatic heterocycles. The summed E-state index contributed by atoms with van der Waals surface area (Å²) in [5.74, 6) is -0.435. The van der Waals surface area contributed by atoms with E-state index >= 15 is 0 Å². The van der Waals surface area contributed by atoms with Crippen molar-refractivity contribution in [3.05, 3.63) is 47.0 Å². The lowest BCUT2D eigenvalue weighted by Gasteiger charge is -2.17. The zero-order valence-corrected chi connectivity index (χ0v) is 15.8. The van der Waals surface area contributed by atoms with Gasteiger partial charge >= 0.3 is 0 Å². The van der Waals surface area contributed by atoms with Crippen molar-refractivity contribution in [1.82, 2.24) is 14.9 Å². The lowest BCUT2D eigenvalue weighted by atomic mass is 10.1. The Balaban J connectivity index is 1.90. The molecular formula is C20H24N4O3. The minimum atomic E-state index is -0.370. The number of nitrogens with zero attached hydrogens (tertiary/aromatic N) is 2. The maximum absolute atomic E-state index is 12.8. The molecule has 142 valence electrons. The Morgan fingerprint density at radius 3 is 2.63 bits per heavy atom. The van der Waals surface area contributed by atoms with Crippen LogP contribution in [0.25, 0.3) is 0 Å². The number of amides is 2. The number of nitrogens with one attached hydrogen (secondary N) is 2. The van der Waals surface area contributed by atoms with Crippen molar-refractivity contribution in [1.29, 1.82) is 0 Å². The highest BCUT2D eigenvalue weighted by atomic mass is 16.2. The van der Waals surface area contributed by atoms with Gasteiger partial charge in [-0.05, 0) is 52.2 Å². The van der Waals surface area contributed by atoms with Crippen molar-refractivity contribution >= 4 is 23.3 Å². The molecule has 0 fully saturated rings. The topological polar surface area (TPSA) is 93.1 Å². The number of aromatic nitrogens is 2. The highest BCUT2D eigenvalue weighted by molar-refractivity contribution is 6.05. The van der Waals surface area contributed by atoms with Crippen LogP contribution in [0.4, 0.5) is 5.69 Å². The molecule has 2 amide bonds. The predicted molar refractivity (Wildman–Crippen MR) is 102 cm³/mol. The first-order valence-corrected chi connectivity index (χ1v) is 9.19. The first-order chi connectivity index (χ1) is 12.9. The number of anilines is 1. The number of rotatable bonds is 5. The molecule has 2 N–H and O–H groups in total. The van der Waals surface area contributed by atoms with Crippen LogP contribution in [0.2, 0.25) is 0 Å². The number of benzene rings is 1. The largest absolute Gasteiger partial charge is 0.347 e. The first kappa shape index (κ1) is 18.8. The smallest absolute Gasteiger partial charge is 0.287 e. The van der Waals surface area contributed by atoms with Gasteiger partial charge in [0.25, 0.3) is 11.8 Å². The highest BCUT2D eigenvalue weighted by Crippen LogP contribution is 2.22. The Hall–Kier alpha value is -2.96. The van der Waals surface area contributed by atoms with Gasteiger partial charge in [-0.3, -0.25) is 14.4 Å². The minimum absolute atomic E-state index is 0.0133. The van der Waals surface area contributed by atoms with Crippen molar-refractivity contribution in [2.24, 2.45) is 0 Å². The van der Waals surface area contributed by atoms with Crippen molar-refractivity contribution < 1.29 is 14.4 Å². The number of carbonyl (C=O) groups is 3. The van der Waals surface area contributed by atoms with Gasteiger partial charge < -0.3 is 15.2 Å². The first-order valence-electron chi connectivity index (χ1n) is 9.19. The average Bonchev–Trinajstić information content (AvgIpc) is 3.01. The van der Waals surface area contributed by atoms with Crippen molar-refractivity contribution in [3.63, 3.8) is 0 Å². The molecule has 0 unspecified atom stereocenters. The summed E-state index contributed by atoms with van der Waals surface area (Å²) in [5, 5.41) is 5.64. The van der Waals surface area contributed by atoms with Gasteiger partial charge in [0.05, 0.1) is 5.69 Å². The Morgan fingerprint density at radius 1 is 1.15 bits per heavy atom. The van der Waals surface area contributed by atoms with Crippen molar-refractivity contribution in [2.75, 3.05) is 5.32 Å². The van der Waals surface area contributed by atoms with Gasteiger partial charge in [-0.15, -0.1) is 0 Å². The number of imidazole rings is 1. The van der Waals surface area contributed by atoms with E-state index in [9.17, 15) is 14.4 Å². The number of ketones is 1. The number of fused-ring (bicyclic) bond motifs is 1. The molecule has 1 aliphatic rings. The lowest BCUT2D eigenvalue weighted by molar-refractivity contribution is 0.0926. The third-order valence-corrected chi connectivity index (χ3v) is 4.48. The summed E-state index contributed by atoms with van der Waals surface area (Å²) < 4.78 is 1.85. The Morgan fingerprint density at radius 2 is 1.93 bits per heavy atom. The van der Waals surface area contributed by atoms with Gasteiger partial charge in [0, 0.05) is 23.8 Å². The van der Waals surface area contributed by atoms with E-state index in [1.165, 1.54) is 6.92 Å². The Labute approximate surface area is 158 Å². The minimum Gasteiger partial charge on any atom is -0.347 e. The van der Waals surface area contributed by atoms with Crippen LogP contribution < -0.4 is 10.6 Å². The van der Waals surface area contributed by atoms with E-state index in [1.54, 1.807) is 24.3 Å². The second kappa shape index (κ2) is 7.73. The van der Waals surface area contributed by atoms with Crippen molar-refractivity contribution in [2.45, 2.75) is 52.6 Å². The molecular weight excluding hydrogens is 344 g/mol. The van der Waals surface area contributed by atoms with Crippen LogP contribution in [0.1, 0.15) is 70.8 Å². The van der Waals surface area contributed by atoms with Crippen LogP contribution in [0.5, 0.6) is 0 Å². The molecule has 2 aromatic rings. The maximum atomic E-state index is 12.8. The summed E-state index contributed by atoms with van der Waals surface area (Å²) >= 11 is 0. The molecule has 0 aliphatic carbocycles. The third-order valence-electron chi connectivity index (χ3n) is 4.48. The summed E-state index contributed by atoms with van der Waals surface area (Å²) in [6.07, 6.45) is 2.61. The molecule has 7 heteroatoms. The summed E-state index contributed by atoms with van der Waals surface area (Å²) in [4.78, 5) is 41.2. The van der Waals surface area contributed by atoms with Gasteiger partial charge in [-0.1, -0.05) is 12.1 Å². The average molecular weight is 368 g/mol. The van der Waals surface area contributed by atoms with E-state index in [4.69, 9.17) is 0 Å². The molecule has 1 aromatic carbocycles. The Bertz CT molecular complexity index is 899. The summed E-state index contributed by atoms with van der Waals surface area (Å²) in [6, 6.07) is 6.76. The second-order valence-corrected chi connectivity index (χ2v) is 7.06. The van der Waals surface area contributed by atoms with Crippen LogP contribution in [0.3, 0.4) is 0 Å². The van der Waals surface area contributed by atoms with E-state index < -0.39 is 0 Å². The fourth-order valence-corrected chi connectivity index (χ4v) is 3.23. The second-order valence-electron chi connectivity index (χ2n) is 7.06. The standard InChI is InChI=1S/C20H24N4O3/c1-12(2)21-20(27)18-23-17(16-9-4-5-10-24(16)18)19(26)22-15-8-6-7-14(11-15)13(3)25/h6-8,11-12H,4-5,9-10H2,1-3H3,(H,21,27)(H,22,26). The molecule has 3 rings (SSSR count). The quantitative estimate of drug-likeness (QED) is 0.794. The van der Waals surface area contributed by atoms with E-state index in [2.05, 4.69) is 15.6 Å². The zero-order valence-electron chi connectivity index (χ0n) is 15.8. The number of Topliss-reactive ketones (excluding diaryl/α,β-unsaturated/α-hetero) is 1. The molecule has 0 bridgehead atoms. The molecule has 0 saturated carbocycles. The van der Waals surface area contributed by atoms with Crippen LogP contribution in [0.15, 0.2) is 24.3 Å². The van der Waals surface area contributed by atoms with Crippen LogP contribution in [0, 0.1) is 0 Å². The fraction of sp³-hybridized carbons (Fsp3) is 0.400. The van der Waals surface area contributed by atoms with Gasteiger partial charge in [-0.25, -0.2) is 4.98 Å². The van der Waals surface area contributed by atoms with Crippen LogP contribution in [-0.2, 0) is 13.0 Å². The van der Waals surface area contributed by atoms with Gasteiger partial charge in [0.15, 0.2) is 17.3 Å². The molecule has 0 spiro atoms. The molecule has 1 aromatic heterocycles. The molecule has 0 saturated heterocycles. The third kappa shape index (κ3) is 4.07. The zero-order chi connectivity index (χ0) is 19.6. The number of hydrogen-bond acceptors (Lipinski definition) is 4. The maximum Gasteiger partial charge on any atom is 0.287 e. The summed E-state index contributed by atoms with van der Waals surface area (Å²) in [6.45, 7) is 5.92. The SMILES string of the molecule is CC(=O)c1cccc(NC(=O)c2nc(C(=O)NC(C)C)n3c2CCCC3)c1. The monoisotopic (exact) mass is 368 g/mol. The molecule has 27 heavy (non-hydrogen) atoms. The molecule has 2 heterocycles. The number of hydrogen-bond donors (Lipinski definition) is 2. The van der Waals surface area contributed by atoms with Gasteiger partial charge in [0.2, 0.25) is 0 Å². The summed E-state index contributed by atoms with van der Waals surface area (Å²) in [7, 11) is 0. The van der Waals surface area contributed by atoms with Gasteiger partial charge in [-0.2, -0.15) is 0 Å². The molecule has 0 atom stereocenters. The van der Waals surface area contributed by atoms with Gasteiger partial charge in [0.1, 0.15) is 0 Å².